The quantitative estimate of drug-likeness (QED) is 0.493. The molecule has 0 amide bonds. The summed E-state index contributed by atoms with van der Waals surface area (Å²) < 4.78 is 26.9. The number of benzene rings is 3. The maximum atomic E-state index is 13.9. The van der Waals surface area contributed by atoms with Crippen LogP contribution in [0.4, 0.5) is 4.39 Å². The number of hydrogen-bond acceptors (Lipinski definition) is 2. The summed E-state index contributed by atoms with van der Waals surface area (Å²) in [5, 5.41) is 0.970. The van der Waals surface area contributed by atoms with E-state index >= 15 is 0 Å². The van der Waals surface area contributed by atoms with Crippen LogP contribution in [0.1, 0.15) is 32.6 Å². The minimum atomic E-state index is -1.99. The zero-order chi connectivity index (χ0) is 18.8. The molecule has 3 rings (SSSR count). The average Bonchev–Trinajstić information content (AvgIpc) is 2.61. The van der Waals surface area contributed by atoms with Gasteiger partial charge in [0.15, 0.2) is 5.78 Å². The topological polar surface area (TPSA) is 34.1 Å². The lowest BCUT2D eigenvalue weighted by Gasteiger charge is -2.13. The number of hydrogen-bond donors (Lipinski definition) is 0. The van der Waals surface area contributed by atoms with E-state index in [-0.39, 0.29) is 11.3 Å². The summed E-state index contributed by atoms with van der Waals surface area (Å²) in [5.41, 5.74) is 3.42. The Morgan fingerprint density at radius 1 is 0.885 bits per heavy atom. The summed E-state index contributed by atoms with van der Waals surface area (Å²) in [6, 6.07) is 16.7. The van der Waals surface area contributed by atoms with Gasteiger partial charge in [-0.1, -0.05) is 35.9 Å². The molecule has 0 N–H and O–H groups in total. The molecule has 131 valence electrons. The molecule has 0 aliphatic heterocycles. The summed E-state index contributed by atoms with van der Waals surface area (Å²) in [6.45, 7) is 5.70. The molecule has 3 aromatic rings. The fourth-order valence-electron chi connectivity index (χ4n) is 3.24. The van der Waals surface area contributed by atoms with Gasteiger partial charge < -0.3 is 0 Å². The van der Waals surface area contributed by atoms with Crippen LogP contribution < -0.4 is 10.6 Å². The third-order valence-electron chi connectivity index (χ3n) is 4.32. The maximum absolute atomic E-state index is 13.9. The summed E-state index contributed by atoms with van der Waals surface area (Å²) in [6.07, 6.45) is 0. The first-order valence-corrected chi connectivity index (χ1v) is 9.59. The number of ketones is 1. The number of carbonyl (C=O) groups is 1. The van der Waals surface area contributed by atoms with E-state index in [0.717, 1.165) is 16.7 Å². The van der Waals surface area contributed by atoms with E-state index < -0.39 is 13.6 Å². The summed E-state index contributed by atoms with van der Waals surface area (Å²) in [5.74, 6) is -0.815. The third kappa shape index (κ3) is 3.49. The lowest BCUT2D eigenvalue weighted by molar-refractivity contribution is 0.103. The number of halogens is 1. The summed E-state index contributed by atoms with van der Waals surface area (Å²) in [4.78, 5) is 13.2. The van der Waals surface area contributed by atoms with Crippen LogP contribution in [0.15, 0.2) is 60.7 Å². The van der Waals surface area contributed by atoms with E-state index in [9.17, 15) is 13.8 Å². The first kappa shape index (κ1) is 18.2. The van der Waals surface area contributed by atoms with Crippen LogP contribution in [-0.2, 0) is 4.57 Å². The Balaban J connectivity index is 2.15. The lowest BCUT2D eigenvalue weighted by Crippen LogP contribution is -2.19. The largest absolute Gasteiger partial charge is 0.289 e. The van der Waals surface area contributed by atoms with E-state index in [1.165, 1.54) is 18.2 Å². The van der Waals surface area contributed by atoms with Crippen LogP contribution in [0.3, 0.4) is 0 Å². The molecule has 1 radical (unpaired) electrons. The zero-order valence-electron chi connectivity index (χ0n) is 14.9. The molecule has 0 heterocycles. The summed E-state index contributed by atoms with van der Waals surface area (Å²) >= 11 is 0. The third-order valence-corrected chi connectivity index (χ3v) is 5.91. The monoisotopic (exact) mass is 365 g/mol. The zero-order valence-corrected chi connectivity index (χ0v) is 15.8. The number of aryl methyl sites for hydroxylation is 3. The van der Waals surface area contributed by atoms with Gasteiger partial charge in [-0.25, -0.2) is 4.39 Å². The van der Waals surface area contributed by atoms with Crippen LogP contribution in [0.5, 0.6) is 0 Å². The highest BCUT2D eigenvalue weighted by atomic mass is 31.1. The van der Waals surface area contributed by atoms with Crippen molar-refractivity contribution in [3.63, 3.8) is 0 Å². The minimum absolute atomic E-state index is 0.157. The van der Waals surface area contributed by atoms with Crippen LogP contribution >= 0.6 is 7.80 Å². The second-order valence-corrected chi connectivity index (χ2v) is 7.98. The molecule has 0 aliphatic carbocycles. The molecule has 26 heavy (non-hydrogen) atoms. The second-order valence-electron chi connectivity index (χ2n) is 6.39. The molecule has 0 bridgehead atoms. The predicted molar refractivity (Wildman–Crippen MR) is 104 cm³/mol. The van der Waals surface area contributed by atoms with Gasteiger partial charge in [0.2, 0.25) is 0 Å². The summed E-state index contributed by atoms with van der Waals surface area (Å²) in [7, 11) is -1.99. The number of rotatable bonds is 4. The van der Waals surface area contributed by atoms with E-state index in [4.69, 9.17) is 0 Å². The van der Waals surface area contributed by atoms with Gasteiger partial charge in [0.05, 0.1) is 0 Å². The molecule has 0 saturated heterocycles. The SMILES string of the molecule is Cc1cc(C)c(C(=O)c2cc(F)ccc2[P](=O)c2ccccc2)c(C)c1. The van der Waals surface area contributed by atoms with Crippen molar-refractivity contribution >= 4 is 24.2 Å². The molecule has 0 fully saturated rings. The van der Waals surface area contributed by atoms with Crippen molar-refractivity contribution in [2.45, 2.75) is 20.8 Å². The van der Waals surface area contributed by atoms with Crippen molar-refractivity contribution in [1.82, 2.24) is 0 Å². The first-order chi connectivity index (χ1) is 12.4. The smallest absolute Gasteiger partial charge is 0.194 e. The van der Waals surface area contributed by atoms with Crippen LogP contribution in [0.25, 0.3) is 0 Å². The Morgan fingerprint density at radius 3 is 2.12 bits per heavy atom. The van der Waals surface area contributed by atoms with Gasteiger partial charge in [-0.15, -0.1) is 0 Å². The average molecular weight is 365 g/mol. The molecular formula is C22H19FO2P. The molecule has 4 heteroatoms. The molecule has 2 nitrogen and oxygen atoms in total. The van der Waals surface area contributed by atoms with Gasteiger partial charge in [0.1, 0.15) is 13.6 Å². The van der Waals surface area contributed by atoms with Crippen LogP contribution in [0, 0.1) is 26.6 Å². The fraction of sp³-hybridized carbons (Fsp3) is 0.136. The molecule has 0 aliphatic rings. The number of carbonyl (C=O) groups excluding carboxylic acids is 1. The predicted octanol–water partition coefficient (Wildman–Crippen LogP) is 4.76. The van der Waals surface area contributed by atoms with Crippen molar-refractivity contribution in [2.75, 3.05) is 0 Å². The minimum Gasteiger partial charge on any atom is -0.289 e. The molecule has 1 unspecified atom stereocenters. The fourth-order valence-corrected chi connectivity index (χ4v) is 4.56. The van der Waals surface area contributed by atoms with Gasteiger partial charge >= 0.3 is 0 Å². The van der Waals surface area contributed by atoms with Crippen molar-refractivity contribution in [3.05, 3.63) is 94.3 Å². The Kier molecular flexibility index (Phi) is 5.11. The molecule has 0 aromatic heterocycles. The molecule has 1 atom stereocenters. The molecular weight excluding hydrogens is 346 g/mol. The van der Waals surface area contributed by atoms with Crippen LogP contribution in [-0.4, -0.2) is 5.78 Å². The maximum Gasteiger partial charge on any atom is 0.194 e. The molecule has 3 aromatic carbocycles. The van der Waals surface area contributed by atoms with E-state index in [1.54, 1.807) is 24.3 Å². The van der Waals surface area contributed by atoms with E-state index in [2.05, 4.69) is 0 Å². The highest BCUT2D eigenvalue weighted by molar-refractivity contribution is 7.61. The van der Waals surface area contributed by atoms with Gasteiger partial charge in [-0.3, -0.25) is 9.36 Å². The van der Waals surface area contributed by atoms with Crippen molar-refractivity contribution in [2.24, 2.45) is 0 Å². The van der Waals surface area contributed by atoms with E-state index in [0.29, 0.717) is 16.2 Å². The lowest BCUT2D eigenvalue weighted by atomic mass is 9.93. The van der Waals surface area contributed by atoms with Gasteiger partial charge in [-0.2, -0.15) is 0 Å². The van der Waals surface area contributed by atoms with Crippen molar-refractivity contribution in [1.29, 1.82) is 0 Å². The molecule has 0 saturated carbocycles. The normalized spacial score (nSPS) is 11.3. The highest BCUT2D eigenvalue weighted by Crippen LogP contribution is 2.26. The van der Waals surface area contributed by atoms with Crippen molar-refractivity contribution < 1.29 is 13.8 Å². The van der Waals surface area contributed by atoms with Crippen molar-refractivity contribution in [3.8, 4) is 0 Å². The Morgan fingerprint density at radius 2 is 1.50 bits per heavy atom. The van der Waals surface area contributed by atoms with Gasteiger partial charge in [-0.05, 0) is 62.2 Å². The second kappa shape index (κ2) is 7.31. The van der Waals surface area contributed by atoms with E-state index in [1.807, 2.05) is 39.0 Å². The Bertz CT molecular complexity index is 987. The highest BCUT2D eigenvalue weighted by Gasteiger charge is 2.22. The molecule has 0 spiro atoms. The van der Waals surface area contributed by atoms with Crippen LogP contribution in [0.2, 0.25) is 0 Å². The van der Waals surface area contributed by atoms with Gasteiger partial charge in [0, 0.05) is 21.7 Å². The van der Waals surface area contributed by atoms with Gasteiger partial charge in [0.25, 0.3) is 0 Å². The standard InChI is InChI=1S/C22H19FO2P/c1-14-11-15(2)21(16(3)12-14)22(24)19-13-17(23)9-10-20(19)26(25)18-7-5-4-6-8-18/h4-13H,1-3H3. The Labute approximate surface area is 153 Å². The Hall–Kier alpha value is -2.64. The first-order valence-electron chi connectivity index (χ1n) is 8.33.